The highest BCUT2D eigenvalue weighted by atomic mass is 16.4. The summed E-state index contributed by atoms with van der Waals surface area (Å²) in [6.07, 6.45) is 4.89. The molecular weight excluding hydrogens is 200 g/mol. The average molecular weight is 216 g/mol. The summed E-state index contributed by atoms with van der Waals surface area (Å²) in [4.78, 5) is 4.45. The lowest BCUT2D eigenvalue weighted by molar-refractivity contribution is 0.263. The second-order valence-corrected chi connectivity index (χ2v) is 4.60. The van der Waals surface area contributed by atoms with Gasteiger partial charge in [-0.2, -0.15) is 4.98 Å². The third kappa shape index (κ3) is 1.47. The first-order valence-corrected chi connectivity index (χ1v) is 5.95. The summed E-state index contributed by atoms with van der Waals surface area (Å²) < 4.78 is 5.68. The Hall–Kier alpha value is -1.51. The van der Waals surface area contributed by atoms with Crippen LogP contribution < -0.4 is 5.32 Å². The van der Waals surface area contributed by atoms with Crippen LogP contribution in [0.4, 0.5) is 6.01 Å². The van der Waals surface area contributed by atoms with E-state index in [-0.39, 0.29) is 5.54 Å². The Balaban J connectivity index is 1.89. The van der Waals surface area contributed by atoms with Crippen LogP contribution in [0.1, 0.15) is 32.6 Å². The van der Waals surface area contributed by atoms with Gasteiger partial charge in [0.15, 0.2) is 5.58 Å². The van der Waals surface area contributed by atoms with E-state index in [1.54, 1.807) is 0 Å². The standard InChI is InChI=1S/C13H16N2O/c1-2-13(8-5-9-13)15-12-14-10-6-3-4-7-11(10)16-12/h3-4,6-7H,2,5,8-9H2,1H3,(H,14,15). The van der Waals surface area contributed by atoms with Gasteiger partial charge in [-0.15, -0.1) is 0 Å². The molecule has 1 fully saturated rings. The second-order valence-electron chi connectivity index (χ2n) is 4.60. The van der Waals surface area contributed by atoms with Crippen LogP contribution in [-0.2, 0) is 0 Å². The third-order valence-electron chi connectivity index (χ3n) is 3.65. The highest BCUT2D eigenvalue weighted by molar-refractivity contribution is 5.74. The van der Waals surface area contributed by atoms with Crippen LogP contribution in [0.5, 0.6) is 0 Å². The Labute approximate surface area is 94.9 Å². The van der Waals surface area contributed by atoms with Crippen molar-refractivity contribution in [2.75, 3.05) is 5.32 Å². The molecule has 0 spiro atoms. The Bertz CT molecular complexity index is 461. The fourth-order valence-corrected chi connectivity index (χ4v) is 2.32. The maximum absolute atomic E-state index is 5.68. The summed E-state index contributed by atoms with van der Waals surface area (Å²) in [5.41, 5.74) is 2.02. The molecule has 0 radical (unpaired) electrons. The van der Waals surface area contributed by atoms with Crippen molar-refractivity contribution in [2.45, 2.75) is 38.1 Å². The van der Waals surface area contributed by atoms with Crippen molar-refractivity contribution in [1.29, 1.82) is 0 Å². The van der Waals surface area contributed by atoms with Gasteiger partial charge in [-0.25, -0.2) is 0 Å². The van der Waals surface area contributed by atoms with Crippen LogP contribution in [0, 0.1) is 0 Å². The number of hydrogen-bond acceptors (Lipinski definition) is 3. The number of fused-ring (bicyclic) bond motifs is 1. The number of nitrogens with one attached hydrogen (secondary N) is 1. The van der Waals surface area contributed by atoms with Gasteiger partial charge in [-0.3, -0.25) is 0 Å². The highest BCUT2D eigenvalue weighted by Crippen LogP contribution is 2.38. The zero-order chi connectivity index (χ0) is 11.0. The van der Waals surface area contributed by atoms with Gasteiger partial charge in [-0.1, -0.05) is 19.1 Å². The fourth-order valence-electron chi connectivity index (χ4n) is 2.32. The normalized spacial score (nSPS) is 18.3. The van der Waals surface area contributed by atoms with Crippen LogP contribution >= 0.6 is 0 Å². The van der Waals surface area contributed by atoms with E-state index in [0.29, 0.717) is 6.01 Å². The molecule has 3 rings (SSSR count). The minimum absolute atomic E-state index is 0.237. The molecule has 0 saturated heterocycles. The molecule has 3 heteroatoms. The van der Waals surface area contributed by atoms with Gasteiger partial charge in [0.05, 0.1) is 0 Å². The molecule has 2 aromatic rings. The summed E-state index contributed by atoms with van der Waals surface area (Å²) in [7, 11) is 0. The minimum atomic E-state index is 0.237. The zero-order valence-electron chi connectivity index (χ0n) is 9.49. The lowest BCUT2D eigenvalue weighted by Gasteiger charge is -2.41. The van der Waals surface area contributed by atoms with E-state index >= 15 is 0 Å². The molecular formula is C13H16N2O. The zero-order valence-corrected chi connectivity index (χ0v) is 9.49. The molecule has 0 unspecified atom stereocenters. The monoisotopic (exact) mass is 216 g/mol. The average Bonchev–Trinajstić information content (AvgIpc) is 2.65. The van der Waals surface area contributed by atoms with E-state index < -0.39 is 0 Å². The van der Waals surface area contributed by atoms with E-state index in [0.717, 1.165) is 17.5 Å². The summed E-state index contributed by atoms with van der Waals surface area (Å²) in [6, 6.07) is 8.54. The van der Waals surface area contributed by atoms with Crippen LogP contribution in [0.25, 0.3) is 11.1 Å². The van der Waals surface area contributed by atoms with Crippen LogP contribution in [0.2, 0.25) is 0 Å². The quantitative estimate of drug-likeness (QED) is 0.852. The molecule has 84 valence electrons. The largest absolute Gasteiger partial charge is 0.424 e. The molecule has 0 bridgehead atoms. The summed E-state index contributed by atoms with van der Waals surface area (Å²) >= 11 is 0. The van der Waals surface area contributed by atoms with Crippen molar-refractivity contribution in [3.05, 3.63) is 24.3 Å². The molecule has 0 atom stereocenters. The van der Waals surface area contributed by atoms with E-state index in [1.165, 1.54) is 19.3 Å². The number of anilines is 1. The van der Waals surface area contributed by atoms with Gasteiger partial charge < -0.3 is 9.73 Å². The summed E-state index contributed by atoms with van der Waals surface area (Å²) in [5, 5.41) is 3.45. The van der Waals surface area contributed by atoms with E-state index in [1.807, 2.05) is 24.3 Å². The van der Waals surface area contributed by atoms with Crippen LogP contribution in [-0.4, -0.2) is 10.5 Å². The smallest absolute Gasteiger partial charge is 0.296 e. The SMILES string of the molecule is CCC1(Nc2nc3ccccc3o2)CCC1. The lowest BCUT2D eigenvalue weighted by atomic mass is 9.75. The number of benzene rings is 1. The number of nitrogens with zero attached hydrogens (tertiary/aromatic N) is 1. The van der Waals surface area contributed by atoms with Crippen molar-refractivity contribution < 1.29 is 4.42 Å². The number of para-hydroxylation sites is 2. The Kier molecular flexibility index (Phi) is 2.13. The number of hydrogen-bond donors (Lipinski definition) is 1. The van der Waals surface area contributed by atoms with Gasteiger partial charge >= 0.3 is 0 Å². The van der Waals surface area contributed by atoms with Gasteiger partial charge in [0.2, 0.25) is 0 Å². The molecule has 1 heterocycles. The maximum atomic E-state index is 5.68. The second kappa shape index (κ2) is 3.51. The number of aromatic nitrogens is 1. The molecule has 1 aromatic heterocycles. The van der Waals surface area contributed by atoms with E-state index in [9.17, 15) is 0 Å². The molecule has 1 aliphatic rings. The molecule has 16 heavy (non-hydrogen) atoms. The Morgan fingerprint density at radius 2 is 2.19 bits per heavy atom. The topological polar surface area (TPSA) is 38.1 Å². The van der Waals surface area contributed by atoms with E-state index in [4.69, 9.17) is 4.42 Å². The highest BCUT2D eigenvalue weighted by Gasteiger charge is 2.36. The first-order valence-electron chi connectivity index (χ1n) is 5.95. The van der Waals surface area contributed by atoms with Crippen LogP contribution in [0.15, 0.2) is 28.7 Å². The predicted octanol–water partition coefficient (Wildman–Crippen LogP) is 3.57. The van der Waals surface area contributed by atoms with Crippen molar-refractivity contribution in [3.8, 4) is 0 Å². The van der Waals surface area contributed by atoms with Crippen molar-refractivity contribution in [2.24, 2.45) is 0 Å². The fraction of sp³-hybridized carbons (Fsp3) is 0.462. The molecule has 1 aliphatic carbocycles. The van der Waals surface area contributed by atoms with Gasteiger partial charge in [0.1, 0.15) is 5.52 Å². The van der Waals surface area contributed by atoms with Gasteiger partial charge in [0, 0.05) is 5.54 Å². The van der Waals surface area contributed by atoms with E-state index in [2.05, 4.69) is 17.2 Å². The van der Waals surface area contributed by atoms with Gasteiger partial charge in [-0.05, 0) is 37.8 Å². The Morgan fingerprint density at radius 1 is 1.38 bits per heavy atom. The molecule has 0 aliphatic heterocycles. The lowest BCUT2D eigenvalue weighted by Crippen LogP contribution is -2.44. The predicted molar refractivity (Wildman–Crippen MR) is 64.5 cm³/mol. The van der Waals surface area contributed by atoms with Crippen LogP contribution in [0.3, 0.4) is 0 Å². The molecule has 0 amide bonds. The summed E-state index contributed by atoms with van der Waals surface area (Å²) in [5.74, 6) is 0. The van der Waals surface area contributed by atoms with Crippen molar-refractivity contribution >= 4 is 17.1 Å². The molecule has 3 nitrogen and oxygen atoms in total. The van der Waals surface area contributed by atoms with Gasteiger partial charge in [0.25, 0.3) is 6.01 Å². The molecule has 1 N–H and O–H groups in total. The summed E-state index contributed by atoms with van der Waals surface area (Å²) in [6.45, 7) is 2.22. The van der Waals surface area contributed by atoms with Crippen molar-refractivity contribution in [3.63, 3.8) is 0 Å². The Morgan fingerprint density at radius 3 is 2.81 bits per heavy atom. The molecule has 1 aromatic carbocycles. The van der Waals surface area contributed by atoms with Crippen molar-refractivity contribution in [1.82, 2.24) is 4.98 Å². The third-order valence-corrected chi connectivity index (χ3v) is 3.65. The minimum Gasteiger partial charge on any atom is -0.424 e. The first kappa shape index (κ1) is 9.70. The molecule has 1 saturated carbocycles. The number of oxazole rings is 1. The maximum Gasteiger partial charge on any atom is 0.296 e. The first-order chi connectivity index (χ1) is 7.81. The number of rotatable bonds is 3.